The van der Waals surface area contributed by atoms with Crippen molar-refractivity contribution in [3.8, 4) is 5.75 Å². The van der Waals surface area contributed by atoms with E-state index in [1.165, 1.54) is 4.90 Å². The lowest BCUT2D eigenvalue weighted by molar-refractivity contribution is -0.154. The van der Waals surface area contributed by atoms with Crippen molar-refractivity contribution >= 4 is 23.5 Å². The third kappa shape index (κ3) is 2.85. The first-order valence-corrected chi connectivity index (χ1v) is 7.21. The number of hydrogen-bond donors (Lipinski definition) is 2. The van der Waals surface area contributed by atoms with Crippen LogP contribution in [0, 0.1) is 0 Å². The lowest BCUT2D eigenvalue weighted by Gasteiger charge is -2.32. The summed E-state index contributed by atoms with van der Waals surface area (Å²) in [6.45, 7) is 2.02. The predicted octanol–water partition coefficient (Wildman–Crippen LogP) is 0.332. The fraction of sp³-hybridized carbons (Fsp3) is 0.400. The summed E-state index contributed by atoms with van der Waals surface area (Å²) in [6.07, 6.45) is -1.74. The summed E-state index contributed by atoms with van der Waals surface area (Å²) in [5, 5.41) is 11.7. The Hall–Kier alpha value is -2.61. The first kappa shape index (κ1) is 15.3. The van der Waals surface area contributed by atoms with Crippen LogP contribution in [0.25, 0.3) is 0 Å². The highest BCUT2D eigenvalue weighted by atomic mass is 16.5. The van der Waals surface area contributed by atoms with Gasteiger partial charge in [-0.3, -0.25) is 9.59 Å². The minimum Gasteiger partial charge on any atom is -0.479 e. The van der Waals surface area contributed by atoms with Crippen molar-refractivity contribution in [2.45, 2.75) is 19.1 Å². The molecule has 2 amide bonds. The summed E-state index contributed by atoms with van der Waals surface area (Å²) < 4.78 is 10.7. The molecule has 2 heterocycles. The van der Waals surface area contributed by atoms with Gasteiger partial charge in [0.05, 0.1) is 24.4 Å². The largest absolute Gasteiger partial charge is 0.479 e. The van der Waals surface area contributed by atoms with Crippen LogP contribution in [0.2, 0.25) is 0 Å². The number of fused-ring (bicyclic) bond motifs is 1. The lowest BCUT2D eigenvalue weighted by atomic mass is 10.1. The van der Waals surface area contributed by atoms with Gasteiger partial charge in [-0.1, -0.05) is 6.07 Å². The standard InChI is InChI=1S/C15H16N2O6/c1-8-13(18)16-10-4-2-3-9(12(10)23-8)14(19)17-5-6-22-11(7-17)15(20)21/h2-4,8,11H,5-7H2,1H3,(H,16,18)(H,20,21)/t8-,11+/m0/s1. The molecular weight excluding hydrogens is 304 g/mol. The zero-order valence-corrected chi connectivity index (χ0v) is 12.4. The minimum absolute atomic E-state index is 0.0280. The van der Waals surface area contributed by atoms with E-state index in [9.17, 15) is 14.4 Å². The summed E-state index contributed by atoms with van der Waals surface area (Å²) in [7, 11) is 0. The molecule has 1 aromatic carbocycles. The lowest BCUT2D eigenvalue weighted by Crippen LogP contribution is -2.48. The van der Waals surface area contributed by atoms with Crippen molar-refractivity contribution in [3.63, 3.8) is 0 Å². The number of carboxylic acid groups (broad SMARTS) is 1. The molecule has 2 aliphatic heterocycles. The van der Waals surface area contributed by atoms with Gasteiger partial charge >= 0.3 is 5.97 Å². The molecule has 1 saturated heterocycles. The Kier molecular flexibility index (Phi) is 3.91. The maximum atomic E-state index is 12.7. The van der Waals surface area contributed by atoms with Crippen molar-refractivity contribution in [2.24, 2.45) is 0 Å². The molecule has 0 bridgehead atoms. The van der Waals surface area contributed by atoms with E-state index < -0.39 is 18.2 Å². The number of carbonyl (C=O) groups is 3. The Morgan fingerprint density at radius 3 is 2.91 bits per heavy atom. The number of morpholine rings is 1. The van der Waals surface area contributed by atoms with Gasteiger partial charge in [0.1, 0.15) is 0 Å². The number of para-hydroxylation sites is 1. The summed E-state index contributed by atoms with van der Waals surface area (Å²) in [6, 6.07) is 4.88. The van der Waals surface area contributed by atoms with E-state index in [0.717, 1.165) is 0 Å². The number of rotatable bonds is 2. The molecule has 0 unspecified atom stereocenters. The van der Waals surface area contributed by atoms with Crippen LogP contribution < -0.4 is 10.1 Å². The number of anilines is 1. The maximum Gasteiger partial charge on any atom is 0.334 e. The second kappa shape index (κ2) is 5.88. The van der Waals surface area contributed by atoms with Crippen LogP contribution >= 0.6 is 0 Å². The summed E-state index contributed by atoms with van der Waals surface area (Å²) >= 11 is 0. The molecule has 1 aromatic rings. The van der Waals surface area contributed by atoms with Gasteiger partial charge in [0.15, 0.2) is 18.0 Å². The van der Waals surface area contributed by atoms with Gasteiger partial charge < -0.3 is 24.8 Å². The number of nitrogens with one attached hydrogen (secondary N) is 1. The average Bonchev–Trinajstić information content (AvgIpc) is 2.55. The van der Waals surface area contributed by atoms with E-state index in [1.807, 2.05) is 0 Å². The Morgan fingerprint density at radius 1 is 1.39 bits per heavy atom. The Bertz CT molecular complexity index is 674. The number of carboxylic acids is 1. The number of amides is 2. The number of nitrogens with zero attached hydrogens (tertiary/aromatic N) is 1. The molecule has 0 saturated carbocycles. The molecule has 2 atom stereocenters. The molecule has 0 aliphatic carbocycles. The molecule has 23 heavy (non-hydrogen) atoms. The fourth-order valence-electron chi connectivity index (χ4n) is 2.55. The molecule has 0 radical (unpaired) electrons. The Labute approximate surface area is 132 Å². The van der Waals surface area contributed by atoms with Crippen molar-refractivity contribution in [1.82, 2.24) is 4.90 Å². The monoisotopic (exact) mass is 320 g/mol. The Morgan fingerprint density at radius 2 is 2.17 bits per heavy atom. The van der Waals surface area contributed by atoms with Crippen molar-refractivity contribution < 1.29 is 29.0 Å². The number of ether oxygens (including phenoxy) is 2. The van der Waals surface area contributed by atoms with E-state index in [-0.39, 0.29) is 25.0 Å². The van der Waals surface area contributed by atoms with Crippen molar-refractivity contribution in [3.05, 3.63) is 23.8 Å². The van der Waals surface area contributed by atoms with Crippen molar-refractivity contribution in [2.75, 3.05) is 25.0 Å². The van der Waals surface area contributed by atoms with Crippen LogP contribution in [0.15, 0.2) is 18.2 Å². The normalized spacial score (nSPS) is 23.5. The van der Waals surface area contributed by atoms with Gasteiger partial charge in [-0.25, -0.2) is 4.79 Å². The summed E-state index contributed by atoms with van der Waals surface area (Å²) in [5.41, 5.74) is 0.724. The third-order valence-corrected chi connectivity index (χ3v) is 3.80. The molecule has 2 aliphatic rings. The van der Waals surface area contributed by atoms with E-state index in [4.69, 9.17) is 14.6 Å². The summed E-state index contributed by atoms with van der Waals surface area (Å²) in [5.74, 6) is -1.42. The highest BCUT2D eigenvalue weighted by molar-refractivity contribution is 6.04. The molecule has 2 N–H and O–H groups in total. The zero-order chi connectivity index (χ0) is 16.6. The number of aliphatic carboxylic acids is 1. The minimum atomic E-state index is -1.10. The van der Waals surface area contributed by atoms with E-state index in [0.29, 0.717) is 23.5 Å². The topological polar surface area (TPSA) is 105 Å². The van der Waals surface area contributed by atoms with Crippen LogP contribution in [-0.2, 0) is 14.3 Å². The van der Waals surface area contributed by atoms with Gasteiger partial charge in [-0.15, -0.1) is 0 Å². The van der Waals surface area contributed by atoms with E-state index in [2.05, 4.69) is 5.32 Å². The molecule has 0 aromatic heterocycles. The molecule has 122 valence electrons. The maximum absolute atomic E-state index is 12.7. The second-order valence-electron chi connectivity index (χ2n) is 5.38. The molecule has 1 fully saturated rings. The summed E-state index contributed by atoms with van der Waals surface area (Å²) in [4.78, 5) is 36.8. The van der Waals surface area contributed by atoms with Gasteiger partial charge in [0, 0.05) is 6.54 Å². The smallest absolute Gasteiger partial charge is 0.334 e. The van der Waals surface area contributed by atoms with Crippen LogP contribution in [0.5, 0.6) is 5.75 Å². The molecule has 0 spiro atoms. The van der Waals surface area contributed by atoms with Gasteiger partial charge in [-0.05, 0) is 19.1 Å². The predicted molar refractivity (Wildman–Crippen MR) is 78.4 cm³/mol. The quantitative estimate of drug-likeness (QED) is 0.814. The van der Waals surface area contributed by atoms with Gasteiger partial charge in [-0.2, -0.15) is 0 Å². The molecular formula is C15H16N2O6. The first-order valence-electron chi connectivity index (χ1n) is 7.21. The zero-order valence-electron chi connectivity index (χ0n) is 12.4. The van der Waals surface area contributed by atoms with Crippen LogP contribution in [0.4, 0.5) is 5.69 Å². The van der Waals surface area contributed by atoms with Gasteiger partial charge in [0.2, 0.25) is 0 Å². The molecule has 3 rings (SSSR count). The SMILES string of the molecule is C[C@@H]1Oc2c(cccc2C(=O)N2CCO[C@@H](C(=O)O)C2)NC1=O. The van der Waals surface area contributed by atoms with Crippen LogP contribution in [0.3, 0.4) is 0 Å². The third-order valence-electron chi connectivity index (χ3n) is 3.80. The van der Waals surface area contributed by atoms with Crippen molar-refractivity contribution in [1.29, 1.82) is 0 Å². The highest BCUT2D eigenvalue weighted by Crippen LogP contribution is 2.34. The number of carbonyl (C=O) groups excluding carboxylic acids is 2. The van der Waals surface area contributed by atoms with Gasteiger partial charge in [0.25, 0.3) is 11.8 Å². The van der Waals surface area contributed by atoms with Crippen LogP contribution in [0.1, 0.15) is 17.3 Å². The first-order chi connectivity index (χ1) is 11.0. The highest BCUT2D eigenvalue weighted by Gasteiger charge is 2.33. The van der Waals surface area contributed by atoms with E-state index in [1.54, 1.807) is 25.1 Å². The van der Waals surface area contributed by atoms with E-state index >= 15 is 0 Å². The average molecular weight is 320 g/mol. The Balaban J connectivity index is 1.87. The second-order valence-corrected chi connectivity index (χ2v) is 5.38. The molecule has 8 nitrogen and oxygen atoms in total. The van der Waals surface area contributed by atoms with Crippen LogP contribution in [-0.4, -0.2) is 59.7 Å². The molecule has 8 heteroatoms. The number of hydrogen-bond acceptors (Lipinski definition) is 5. The number of benzene rings is 1. The fourth-order valence-corrected chi connectivity index (χ4v) is 2.55.